The summed E-state index contributed by atoms with van der Waals surface area (Å²) in [5.41, 5.74) is 7.82. The molecule has 0 heterocycles. The van der Waals surface area contributed by atoms with Crippen molar-refractivity contribution in [1.29, 1.82) is 0 Å². The van der Waals surface area contributed by atoms with Gasteiger partial charge in [-0.1, -0.05) is 12.1 Å². The van der Waals surface area contributed by atoms with Crippen molar-refractivity contribution >= 4 is 5.69 Å². The van der Waals surface area contributed by atoms with Crippen LogP contribution in [0.3, 0.4) is 0 Å². The molecule has 0 fully saturated rings. The van der Waals surface area contributed by atoms with E-state index in [9.17, 15) is 0 Å². The molecule has 1 aromatic carbocycles. The van der Waals surface area contributed by atoms with Gasteiger partial charge in [0.25, 0.3) is 0 Å². The second-order valence-electron chi connectivity index (χ2n) is 4.60. The van der Waals surface area contributed by atoms with Gasteiger partial charge in [-0.3, -0.25) is 4.90 Å². The van der Waals surface area contributed by atoms with Gasteiger partial charge in [0.1, 0.15) is 0 Å². The van der Waals surface area contributed by atoms with Crippen molar-refractivity contribution in [2.45, 2.75) is 46.3 Å². The fourth-order valence-corrected chi connectivity index (χ4v) is 1.80. The highest BCUT2D eigenvalue weighted by atomic mass is 15.2. The minimum atomic E-state index is 0.572. The topological polar surface area (TPSA) is 29.3 Å². The van der Waals surface area contributed by atoms with Gasteiger partial charge in [-0.15, -0.1) is 0 Å². The van der Waals surface area contributed by atoms with Gasteiger partial charge in [0.05, 0.1) is 0 Å². The Hall–Kier alpha value is -1.02. The number of anilines is 1. The number of hydrogen-bond acceptors (Lipinski definition) is 2. The highest BCUT2D eigenvalue weighted by Gasteiger charge is 2.13. The van der Waals surface area contributed by atoms with E-state index >= 15 is 0 Å². The number of nitrogen functional groups attached to an aromatic ring is 1. The minimum absolute atomic E-state index is 0.572. The standard InChI is InChI=1S/C13H22N2/c1-10(2)15(11(3)4)9-12-5-7-13(14)8-6-12/h5-8,10-11H,9,14H2,1-4H3. The van der Waals surface area contributed by atoms with Crippen LogP contribution in [-0.2, 0) is 6.54 Å². The summed E-state index contributed by atoms with van der Waals surface area (Å²) in [7, 11) is 0. The summed E-state index contributed by atoms with van der Waals surface area (Å²) >= 11 is 0. The molecule has 1 aromatic rings. The maximum absolute atomic E-state index is 5.66. The van der Waals surface area contributed by atoms with Crippen LogP contribution in [0.25, 0.3) is 0 Å². The van der Waals surface area contributed by atoms with E-state index in [1.54, 1.807) is 0 Å². The Labute approximate surface area is 93.1 Å². The first-order chi connectivity index (χ1) is 7.00. The molecule has 0 aliphatic rings. The van der Waals surface area contributed by atoms with Crippen molar-refractivity contribution < 1.29 is 0 Å². The van der Waals surface area contributed by atoms with E-state index in [2.05, 4.69) is 44.7 Å². The first kappa shape index (κ1) is 12.1. The number of benzene rings is 1. The van der Waals surface area contributed by atoms with Crippen molar-refractivity contribution in [3.63, 3.8) is 0 Å². The normalized spacial score (nSPS) is 11.7. The van der Waals surface area contributed by atoms with Gasteiger partial charge in [0, 0.05) is 24.3 Å². The van der Waals surface area contributed by atoms with Crippen molar-refractivity contribution in [3.8, 4) is 0 Å². The molecule has 15 heavy (non-hydrogen) atoms. The smallest absolute Gasteiger partial charge is 0.0314 e. The Kier molecular flexibility index (Phi) is 4.15. The van der Waals surface area contributed by atoms with E-state index in [0.29, 0.717) is 12.1 Å². The predicted octanol–water partition coefficient (Wildman–Crippen LogP) is 2.89. The average molecular weight is 206 g/mol. The lowest BCUT2D eigenvalue weighted by atomic mass is 10.1. The summed E-state index contributed by atoms with van der Waals surface area (Å²) in [4.78, 5) is 2.46. The van der Waals surface area contributed by atoms with Crippen molar-refractivity contribution in [2.24, 2.45) is 0 Å². The lowest BCUT2D eigenvalue weighted by molar-refractivity contribution is 0.166. The van der Waals surface area contributed by atoms with Crippen molar-refractivity contribution in [2.75, 3.05) is 5.73 Å². The maximum atomic E-state index is 5.66. The third-order valence-corrected chi connectivity index (χ3v) is 2.67. The highest BCUT2D eigenvalue weighted by Crippen LogP contribution is 2.13. The molecule has 0 radical (unpaired) electrons. The second-order valence-corrected chi connectivity index (χ2v) is 4.60. The molecule has 0 aliphatic heterocycles. The van der Waals surface area contributed by atoms with Gasteiger partial charge < -0.3 is 5.73 Å². The number of nitrogens with two attached hydrogens (primary N) is 1. The fourth-order valence-electron chi connectivity index (χ4n) is 1.80. The Balaban J connectivity index is 2.70. The summed E-state index contributed by atoms with van der Waals surface area (Å²) in [6, 6.07) is 9.29. The molecular weight excluding hydrogens is 184 g/mol. The third-order valence-electron chi connectivity index (χ3n) is 2.67. The summed E-state index contributed by atoms with van der Waals surface area (Å²) < 4.78 is 0. The average Bonchev–Trinajstić information content (AvgIpc) is 2.15. The Morgan fingerprint density at radius 3 is 1.87 bits per heavy atom. The molecule has 2 N–H and O–H groups in total. The fraction of sp³-hybridized carbons (Fsp3) is 0.538. The zero-order valence-corrected chi connectivity index (χ0v) is 10.2. The first-order valence-electron chi connectivity index (χ1n) is 5.61. The molecular formula is C13H22N2. The van der Waals surface area contributed by atoms with Crippen LogP contribution in [0.5, 0.6) is 0 Å². The van der Waals surface area contributed by atoms with Crippen LogP contribution < -0.4 is 5.73 Å². The summed E-state index contributed by atoms with van der Waals surface area (Å²) in [6.07, 6.45) is 0. The summed E-state index contributed by atoms with van der Waals surface area (Å²) in [5, 5.41) is 0. The molecule has 0 aliphatic carbocycles. The van der Waals surface area contributed by atoms with Gasteiger partial charge in [0.15, 0.2) is 0 Å². The SMILES string of the molecule is CC(C)N(Cc1ccc(N)cc1)C(C)C. The van der Waals surface area contributed by atoms with Gasteiger partial charge in [-0.05, 0) is 45.4 Å². The number of rotatable bonds is 4. The van der Waals surface area contributed by atoms with Gasteiger partial charge in [0.2, 0.25) is 0 Å². The van der Waals surface area contributed by atoms with Gasteiger partial charge in [-0.25, -0.2) is 0 Å². The summed E-state index contributed by atoms with van der Waals surface area (Å²) in [5.74, 6) is 0. The van der Waals surface area contributed by atoms with Crippen LogP contribution >= 0.6 is 0 Å². The first-order valence-corrected chi connectivity index (χ1v) is 5.61. The molecule has 0 saturated heterocycles. The molecule has 0 amide bonds. The van der Waals surface area contributed by atoms with Crippen LogP contribution in [0.1, 0.15) is 33.3 Å². The van der Waals surface area contributed by atoms with E-state index < -0.39 is 0 Å². The monoisotopic (exact) mass is 206 g/mol. The Bertz CT molecular complexity index is 280. The van der Waals surface area contributed by atoms with Crippen LogP contribution in [0, 0.1) is 0 Å². The molecule has 0 spiro atoms. The minimum Gasteiger partial charge on any atom is -0.399 e. The second kappa shape index (κ2) is 5.17. The van der Waals surface area contributed by atoms with E-state index in [-0.39, 0.29) is 0 Å². The van der Waals surface area contributed by atoms with Crippen LogP contribution in [0.4, 0.5) is 5.69 Å². The van der Waals surface area contributed by atoms with Crippen molar-refractivity contribution in [1.82, 2.24) is 4.90 Å². The maximum Gasteiger partial charge on any atom is 0.0314 e. The van der Waals surface area contributed by atoms with Gasteiger partial charge >= 0.3 is 0 Å². The molecule has 2 nitrogen and oxygen atoms in total. The Morgan fingerprint density at radius 2 is 1.47 bits per heavy atom. The van der Waals surface area contributed by atoms with Crippen LogP contribution in [-0.4, -0.2) is 17.0 Å². The number of hydrogen-bond donors (Lipinski definition) is 1. The van der Waals surface area contributed by atoms with Crippen molar-refractivity contribution in [3.05, 3.63) is 29.8 Å². The lowest BCUT2D eigenvalue weighted by Gasteiger charge is -2.30. The molecule has 1 rings (SSSR count). The Morgan fingerprint density at radius 1 is 1.00 bits per heavy atom. The zero-order valence-electron chi connectivity index (χ0n) is 10.2. The highest BCUT2D eigenvalue weighted by molar-refractivity contribution is 5.39. The zero-order chi connectivity index (χ0) is 11.4. The predicted molar refractivity (Wildman–Crippen MR) is 66.7 cm³/mol. The molecule has 0 bridgehead atoms. The number of nitrogens with zero attached hydrogens (tertiary/aromatic N) is 1. The van der Waals surface area contributed by atoms with E-state index in [1.165, 1.54) is 5.56 Å². The molecule has 2 heteroatoms. The lowest BCUT2D eigenvalue weighted by Crippen LogP contribution is -2.36. The van der Waals surface area contributed by atoms with Crippen LogP contribution in [0.2, 0.25) is 0 Å². The quantitative estimate of drug-likeness (QED) is 0.767. The largest absolute Gasteiger partial charge is 0.399 e. The molecule has 0 saturated carbocycles. The molecule has 0 atom stereocenters. The van der Waals surface area contributed by atoms with Gasteiger partial charge in [-0.2, -0.15) is 0 Å². The third kappa shape index (κ3) is 3.56. The van der Waals surface area contributed by atoms with E-state index in [1.807, 2.05) is 12.1 Å². The molecule has 84 valence electrons. The van der Waals surface area contributed by atoms with E-state index in [0.717, 1.165) is 12.2 Å². The molecule has 0 unspecified atom stereocenters. The molecule has 0 aromatic heterocycles. The van der Waals surface area contributed by atoms with Crippen LogP contribution in [0.15, 0.2) is 24.3 Å². The van der Waals surface area contributed by atoms with E-state index in [4.69, 9.17) is 5.73 Å². The summed E-state index contributed by atoms with van der Waals surface area (Å²) in [6.45, 7) is 9.93.